The predicted molar refractivity (Wildman–Crippen MR) is 65.0 cm³/mol. The molecule has 0 heterocycles. The van der Waals surface area contributed by atoms with Gasteiger partial charge < -0.3 is 5.32 Å². The van der Waals surface area contributed by atoms with Gasteiger partial charge in [0.05, 0.1) is 0 Å². The number of likely N-dealkylation sites (N-methyl/N-ethyl adjacent to an activating group) is 1. The summed E-state index contributed by atoms with van der Waals surface area (Å²) in [7, 11) is 2.03. The third kappa shape index (κ3) is 2.13. The van der Waals surface area contributed by atoms with Gasteiger partial charge >= 0.3 is 0 Å². The largest absolute Gasteiger partial charge is 0.313 e. The molecular weight excluding hydrogens is 182 g/mol. The van der Waals surface area contributed by atoms with Crippen LogP contribution in [0.1, 0.15) is 24.8 Å². The zero-order valence-electron chi connectivity index (χ0n) is 9.53. The zero-order chi connectivity index (χ0) is 10.8. The van der Waals surface area contributed by atoms with E-state index in [1.807, 2.05) is 7.05 Å². The van der Waals surface area contributed by atoms with Crippen molar-refractivity contribution >= 4 is 0 Å². The molecule has 1 N–H and O–H groups in total. The minimum atomic E-state index is 0.482. The van der Waals surface area contributed by atoms with Gasteiger partial charge in [-0.25, -0.2) is 0 Å². The van der Waals surface area contributed by atoms with E-state index in [1.54, 1.807) is 0 Å². The summed E-state index contributed by atoms with van der Waals surface area (Å²) in [5, 5.41) is 3.36. The summed E-state index contributed by atoms with van der Waals surface area (Å²) in [4.78, 5) is 0. The van der Waals surface area contributed by atoms with Crippen molar-refractivity contribution in [1.29, 1.82) is 0 Å². The average molecular weight is 201 g/mol. The van der Waals surface area contributed by atoms with Crippen molar-refractivity contribution in [3.63, 3.8) is 0 Å². The molecule has 0 amide bonds. The third-order valence-electron chi connectivity index (χ3n) is 3.34. The molecule has 80 valence electrons. The molecule has 0 aliphatic heterocycles. The lowest BCUT2D eigenvalue weighted by molar-refractivity contribution is 0.558. The molecule has 1 aromatic carbocycles. The van der Waals surface area contributed by atoms with Crippen molar-refractivity contribution < 1.29 is 0 Å². The topological polar surface area (TPSA) is 12.0 Å². The Kier molecular flexibility index (Phi) is 2.92. The van der Waals surface area contributed by atoms with Gasteiger partial charge in [0.1, 0.15) is 0 Å². The lowest BCUT2D eigenvalue weighted by atomic mass is 10.0. The van der Waals surface area contributed by atoms with E-state index in [0.717, 1.165) is 11.8 Å². The molecule has 1 aromatic rings. The van der Waals surface area contributed by atoms with Gasteiger partial charge in [-0.15, -0.1) is 0 Å². The highest BCUT2D eigenvalue weighted by atomic mass is 14.9. The van der Waals surface area contributed by atoms with Crippen LogP contribution >= 0.6 is 0 Å². The van der Waals surface area contributed by atoms with Gasteiger partial charge in [0.2, 0.25) is 0 Å². The third-order valence-corrected chi connectivity index (χ3v) is 3.34. The summed E-state index contributed by atoms with van der Waals surface area (Å²) in [5.41, 5.74) is 2.73. The monoisotopic (exact) mass is 201 g/mol. The maximum Gasteiger partial charge on any atom is 0.0305 e. The van der Waals surface area contributed by atoms with Crippen LogP contribution in [0.25, 0.3) is 0 Å². The van der Waals surface area contributed by atoms with Crippen LogP contribution in [0, 0.1) is 5.92 Å². The molecule has 1 fully saturated rings. The van der Waals surface area contributed by atoms with E-state index in [1.165, 1.54) is 17.6 Å². The first kappa shape index (κ1) is 10.4. The van der Waals surface area contributed by atoms with Crippen molar-refractivity contribution in [2.75, 3.05) is 7.05 Å². The molecule has 3 unspecified atom stereocenters. The Hall–Kier alpha value is -1.08. The smallest absolute Gasteiger partial charge is 0.0305 e. The number of benzene rings is 1. The van der Waals surface area contributed by atoms with Crippen molar-refractivity contribution in [2.45, 2.75) is 25.3 Å². The normalized spacial score (nSPS) is 26.0. The van der Waals surface area contributed by atoms with Crippen LogP contribution < -0.4 is 5.32 Å². The summed E-state index contributed by atoms with van der Waals surface area (Å²) in [5.74, 6) is 1.48. The van der Waals surface area contributed by atoms with Gasteiger partial charge in [0.25, 0.3) is 0 Å². The number of hydrogen-bond acceptors (Lipinski definition) is 1. The van der Waals surface area contributed by atoms with E-state index in [-0.39, 0.29) is 0 Å². The predicted octanol–water partition coefficient (Wildman–Crippen LogP) is 2.95. The highest BCUT2D eigenvalue weighted by Crippen LogP contribution is 2.50. The van der Waals surface area contributed by atoms with Crippen LogP contribution in [0.15, 0.2) is 42.5 Å². The number of hydrogen-bond donors (Lipinski definition) is 1. The lowest BCUT2D eigenvalue weighted by Gasteiger charge is -2.16. The van der Waals surface area contributed by atoms with Crippen molar-refractivity contribution in [3.8, 4) is 0 Å². The van der Waals surface area contributed by atoms with Crippen LogP contribution in [0.2, 0.25) is 0 Å². The standard InChI is InChI=1S/C14H19N/c1-10(2)14(15-3)13-9-12(13)11-7-5-4-6-8-11/h4-8,12-15H,1,9H2,2-3H3. The quantitative estimate of drug-likeness (QED) is 0.738. The van der Waals surface area contributed by atoms with E-state index >= 15 is 0 Å². The fourth-order valence-corrected chi connectivity index (χ4v) is 2.49. The summed E-state index contributed by atoms with van der Waals surface area (Å²) < 4.78 is 0. The molecule has 0 aromatic heterocycles. The summed E-state index contributed by atoms with van der Waals surface area (Å²) in [6.45, 7) is 6.17. The molecule has 3 atom stereocenters. The Morgan fingerprint density at radius 1 is 1.40 bits per heavy atom. The second kappa shape index (κ2) is 4.19. The molecule has 1 aliphatic rings. The first-order valence-corrected chi connectivity index (χ1v) is 5.61. The maximum absolute atomic E-state index is 4.05. The molecule has 0 saturated heterocycles. The molecule has 2 rings (SSSR count). The minimum Gasteiger partial charge on any atom is -0.313 e. The van der Waals surface area contributed by atoms with Crippen LogP contribution in [0.3, 0.4) is 0 Å². The van der Waals surface area contributed by atoms with E-state index in [0.29, 0.717) is 6.04 Å². The van der Waals surface area contributed by atoms with Gasteiger partial charge in [-0.3, -0.25) is 0 Å². The van der Waals surface area contributed by atoms with E-state index in [2.05, 4.69) is 49.2 Å². The molecule has 1 heteroatoms. The molecule has 0 bridgehead atoms. The SMILES string of the molecule is C=C(C)C(NC)C1CC1c1ccccc1. The van der Waals surface area contributed by atoms with Gasteiger partial charge in [-0.05, 0) is 37.8 Å². The highest BCUT2D eigenvalue weighted by molar-refractivity contribution is 5.28. The fraction of sp³-hybridized carbons (Fsp3) is 0.429. The van der Waals surface area contributed by atoms with Crippen molar-refractivity contribution in [1.82, 2.24) is 5.32 Å². The molecule has 0 radical (unpaired) electrons. The maximum atomic E-state index is 4.05. The Morgan fingerprint density at radius 3 is 2.60 bits per heavy atom. The van der Waals surface area contributed by atoms with Crippen LogP contribution in [0.5, 0.6) is 0 Å². The van der Waals surface area contributed by atoms with Crippen LogP contribution in [-0.2, 0) is 0 Å². The molecule has 0 spiro atoms. The highest BCUT2D eigenvalue weighted by Gasteiger charge is 2.43. The minimum absolute atomic E-state index is 0.482. The molecular formula is C14H19N. The second-order valence-electron chi connectivity index (χ2n) is 4.53. The molecule has 1 nitrogen and oxygen atoms in total. The van der Waals surface area contributed by atoms with Gasteiger partial charge in [0, 0.05) is 6.04 Å². The van der Waals surface area contributed by atoms with E-state index in [4.69, 9.17) is 0 Å². The number of rotatable bonds is 4. The summed E-state index contributed by atoms with van der Waals surface area (Å²) in [6.07, 6.45) is 1.29. The first-order chi connectivity index (χ1) is 7.24. The Morgan fingerprint density at radius 2 is 2.07 bits per heavy atom. The Balaban J connectivity index is 2.04. The Labute approximate surface area is 92.2 Å². The molecule has 1 saturated carbocycles. The number of nitrogens with one attached hydrogen (secondary N) is 1. The van der Waals surface area contributed by atoms with Crippen LogP contribution in [0.4, 0.5) is 0 Å². The second-order valence-corrected chi connectivity index (χ2v) is 4.53. The van der Waals surface area contributed by atoms with Crippen LogP contribution in [-0.4, -0.2) is 13.1 Å². The van der Waals surface area contributed by atoms with E-state index in [9.17, 15) is 0 Å². The summed E-state index contributed by atoms with van der Waals surface area (Å²) in [6, 6.07) is 11.3. The van der Waals surface area contributed by atoms with E-state index < -0.39 is 0 Å². The zero-order valence-corrected chi connectivity index (χ0v) is 9.53. The first-order valence-electron chi connectivity index (χ1n) is 5.61. The molecule has 1 aliphatic carbocycles. The van der Waals surface area contributed by atoms with Crippen molar-refractivity contribution in [3.05, 3.63) is 48.0 Å². The lowest BCUT2D eigenvalue weighted by Crippen LogP contribution is -2.28. The van der Waals surface area contributed by atoms with Gasteiger partial charge in [-0.1, -0.05) is 42.5 Å². The van der Waals surface area contributed by atoms with Crippen molar-refractivity contribution in [2.24, 2.45) is 5.92 Å². The average Bonchev–Trinajstić information content (AvgIpc) is 3.00. The Bertz CT molecular complexity index is 342. The van der Waals surface area contributed by atoms with Gasteiger partial charge in [0.15, 0.2) is 0 Å². The fourth-order valence-electron chi connectivity index (χ4n) is 2.49. The van der Waals surface area contributed by atoms with Gasteiger partial charge in [-0.2, -0.15) is 0 Å². The summed E-state index contributed by atoms with van der Waals surface area (Å²) >= 11 is 0. The molecule has 15 heavy (non-hydrogen) atoms.